The Kier molecular flexibility index (Phi) is 7.75. The molecule has 0 bridgehead atoms. The Morgan fingerprint density at radius 1 is 1.18 bits per heavy atom. The molecule has 0 saturated carbocycles. The number of anilines is 2. The molecule has 0 radical (unpaired) electrons. The van der Waals surface area contributed by atoms with E-state index in [-0.39, 0.29) is 17.9 Å². The van der Waals surface area contributed by atoms with E-state index >= 15 is 0 Å². The Balaban J connectivity index is 1.68. The number of benzene rings is 1. The number of carbonyl (C=O) groups is 3. The number of hydrogen-bond donors (Lipinski definition) is 2. The zero-order chi connectivity index (χ0) is 24.2. The fourth-order valence-corrected chi connectivity index (χ4v) is 5.53. The van der Waals surface area contributed by atoms with Gasteiger partial charge in [-0.25, -0.2) is 18.0 Å². The van der Waals surface area contributed by atoms with Crippen molar-refractivity contribution in [3.8, 4) is 0 Å². The first-order valence-corrected chi connectivity index (χ1v) is 13.1. The van der Waals surface area contributed by atoms with Crippen molar-refractivity contribution in [1.82, 2.24) is 0 Å². The van der Waals surface area contributed by atoms with Crippen LogP contribution in [-0.4, -0.2) is 45.7 Å². The van der Waals surface area contributed by atoms with E-state index in [2.05, 4.69) is 17.0 Å². The molecule has 1 heterocycles. The number of amides is 1. The first-order chi connectivity index (χ1) is 15.6. The van der Waals surface area contributed by atoms with Crippen molar-refractivity contribution >= 4 is 49.9 Å². The minimum absolute atomic E-state index is 0.0873. The summed E-state index contributed by atoms with van der Waals surface area (Å²) < 4.78 is 35.3. The molecule has 0 aliphatic heterocycles. The molecule has 2 aromatic rings. The van der Waals surface area contributed by atoms with Crippen LogP contribution >= 0.6 is 11.3 Å². The largest absolute Gasteiger partial charge is 0.462 e. The highest BCUT2D eigenvalue weighted by Crippen LogP contribution is 2.40. The fraction of sp³-hybridized carbons (Fsp3) is 0.409. The molecule has 1 aliphatic rings. The molecule has 2 N–H and O–H groups in total. The van der Waals surface area contributed by atoms with Gasteiger partial charge in [-0.2, -0.15) is 0 Å². The Labute approximate surface area is 196 Å². The van der Waals surface area contributed by atoms with E-state index in [1.165, 1.54) is 35.6 Å². The van der Waals surface area contributed by atoms with Crippen LogP contribution in [0, 0.1) is 5.92 Å². The van der Waals surface area contributed by atoms with Crippen molar-refractivity contribution in [2.75, 3.05) is 29.5 Å². The maximum absolute atomic E-state index is 12.5. The third-order valence-electron chi connectivity index (χ3n) is 4.98. The van der Waals surface area contributed by atoms with E-state index in [1.807, 2.05) is 0 Å². The molecule has 9 nitrogen and oxygen atoms in total. The molecule has 33 heavy (non-hydrogen) atoms. The summed E-state index contributed by atoms with van der Waals surface area (Å²) in [6.07, 6.45) is 3.52. The van der Waals surface area contributed by atoms with E-state index in [0.29, 0.717) is 16.5 Å². The van der Waals surface area contributed by atoms with Crippen LogP contribution in [0.3, 0.4) is 0 Å². The average Bonchev–Trinajstić information content (AvgIpc) is 3.07. The van der Waals surface area contributed by atoms with Crippen LogP contribution in [0.2, 0.25) is 0 Å². The molecule has 0 saturated heterocycles. The standard InChI is InChI=1S/C22H26N2O7S2/c1-4-30-22(27)19-16-9-8-13(2)10-17(16)32-20(19)23-18(25)12-31-21(26)14-6-5-7-15(11-14)24-33(3,28)29/h5-7,11,13,24H,4,8-10,12H2,1-3H3,(H,23,25). The molecule has 1 aliphatic carbocycles. The lowest BCUT2D eigenvalue weighted by molar-refractivity contribution is -0.119. The van der Waals surface area contributed by atoms with Gasteiger partial charge in [0.05, 0.1) is 24.0 Å². The van der Waals surface area contributed by atoms with Crippen LogP contribution < -0.4 is 10.0 Å². The maximum atomic E-state index is 12.5. The van der Waals surface area contributed by atoms with Crippen LogP contribution in [0.15, 0.2) is 24.3 Å². The monoisotopic (exact) mass is 494 g/mol. The van der Waals surface area contributed by atoms with E-state index in [4.69, 9.17) is 9.47 Å². The first-order valence-electron chi connectivity index (χ1n) is 10.4. The topological polar surface area (TPSA) is 128 Å². The van der Waals surface area contributed by atoms with Gasteiger partial charge < -0.3 is 14.8 Å². The van der Waals surface area contributed by atoms with Gasteiger partial charge in [-0.15, -0.1) is 11.3 Å². The Morgan fingerprint density at radius 2 is 1.94 bits per heavy atom. The van der Waals surface area contributed by atoms with E-state index < -0.39 is 34.5 Å². The van der Waals surface area contributed by atoms with Gasteiger partial charge in [-0.1, -0.05) is 13.0 Å². The zero-order valence-corrected chi connectivity index (χ0v) is 20.2. The second-order valence-electron chi connectivity index (χ2n) is 7.86. The van der Waals surface area contributed by atoms with E-state index in [1.54, 1.807) is 6.92 Å². The first kappa shape index (κ1) is 24.7. The summed E-state index contributed by atoms with van der Waals surface area (Å²) in [4.78, 5) is 38.4. The maximum Gasteiger partial charge on any atom is 0.341 e. The zero-order valence-electron chi connectivity index (χ0n) is 18.6. The summed E-state index contributed by atoms with van der Waals surface area (Å²) in [6, 6.07) is 5.74. The average molecular weight is 495 g/mol. The molecule has 178 valence electrons. The Hall–Kier alpha value is -2.92. The van der Waals surface area contributed by atoms with E-state index in [0.717, 1.165) is 36.0 Å². The lowest BCUT2D eigenvalue weighted by Crippen LogP contribution is -2.22. The van der Waals surface area contributed by atoms with E-state index in [9.17, 15) is 22.8 Å². The predicted molar refractivity (Wildman–Crippen MR) is 125 cm³/mol. The number of nitrogens with one attached hydrogen (secondary N) is 2. The van der Waals surface area contributed by atoms with Crippen molar-refractivity contribution in [3.63, 3.8) is 0 Å². The highest BCUT2D eigenvalue weighted by molar-refractivity contribution is 7.92. The molecule has 11 heteroatoms. The molecular formula is C22H26N2O7S2. The van der Waals surface area contributed by atoms with Gasteiger partial charge in [0.2, 0.25) is 10.0 Å². The number of sulfonamides is 1. The van der Waals surface area contributed by atoms with Crippen LogP contribution in [0.5, 0.6) is 0 Å². The number of ether oxygens (including phenoxy) is 2. The number of thiophene rings is 1. The summed E-state index contributed by atoms with van der Waals surface area (Å²) in [5.41, 5.74) is 1.58. The van der Waals surface area contributed by atoms with Crippen LogP contribution in [0.1, 0.15) is 51.4 Å². The smallest absolute Gasteiger partial charge is 0.341 e. The van der Waals surface area contributed by atoms with Gasteiger partial charge in [0, 0.05) is 10.6 Å². The van der Waals surface area contributed by atoms with Crippen LogP contribution in [-0.2, 0) is 37.1 Å². The summed E-state index contributed by atoms with van der Waals surface area (Å²) >= 11 is 1.35. The number of carbonyl (C=O) groups excluding carboxylic acids is 3. The third-order valence-corrected chi connectivity index (χ3v) is 6.76. The van der Waals surface area contributed by atoms with Gasteiger partial charge in [0.15, 0.2) is 6.61 Å². The lowest BCUT2D eigenvalue weighted by Gasteiger charge is -2.18. The Morgan fingerprint density at radius 3 is 2.64 bits per heavy atom. The van der Waals surface area contributed by atoms with Gasteiger partial charge in [-0.05, 0) is 55.9 Å². The molecule has 1 amide bonds. The summed E-state index contributed by atoms with van der Waals surface area (Å²) in [5, 5.41) is 3.08. The second-order valence-corrected chi connectivity index (χ2v) is 10.7. The van der Waals surface area contributed by atoms with Crippen molar-refractivity contribution in [3.05, 3.63) is 45.8 Å². The Bertz CT molecular complexity index is 1170. The van der Waals surface area contributed by atoms with Gasteiger partial charge >= 0.3 is 11.9 Å². The van der Waals surface area contributed by atoms with Crippen LogP contribution in [0.25, 0.3) is 0 Å². The normalized spacial score (nSPS) is 15.3. The molecular weight excluding hydrogens is 468 g/mol. The van der Waals surface area contributed by atoms with Crippen molar-refractivity contribution in [2.45, 2.75) is 33.1 Å². The highest BCUT2D eigenvalue weighted by atomic mass is 32.2. The molecule has 0 spiro atoms. The van der Waals surface area contributed by atoms with Crippen molar-refractivity contribution in [1.29, 1.82) is 0 Å². The highest BCUT2D eigenvalue weighted by Gasteiger charge is 2.29. The lowest BCUT2D eigenvalue weighted by atomic mass is 9.88. The fourth-order valence-electron chi connectivity index (χ4n) is 3.56. The number of hydrogen-bond acceptors (Lipinski definition) is 8. The van der Waals surface area contributed by atoms with Gasteiger partial charge in [-0.3, -0.25) is 9.52 Å². The summed E-state index contributed by atoms with van der Waals surface area (Å²) in [5.74, 6) is -1.37. The number of rotatable bonds is 8. The predicted octanol–water partition coefficient (Wildman–Crippen LogP) is 3.22. The number of esters is 2. The minimum Gasteiger partial charge on any atom is -0.462 e. The molecule has 0 fully saturated rings. The molecule has 3 rings (SSSR count). The quantitative estimate of drug-likeness (QED) is 0.539. The van der Waals surface area contributed by atoms with Crippen LogP contribution in [0.4, 0.5) is 10.7 Å². The SMILES string of the molecule is CCOC(=O)c1c(NC(=O)COC(=O)c2cccc(NS(C)(=O)=O)c2)sc2c1CCC(C)C2. The summed E-state index contributed by atoms with van der Waals surface area (Å²) in [6.45, 7) is 3.52. The van der Waals surface area contributed by atoms with Crippen molar-refractivity contribution in [2.24, 2.45) is 5.92 Å². The molecule has 1 aromatic carbocycles. The minimum atomic E-state index is -3.50. The molecule has 1 aromatic heterocycles. The van der Waals surface area contributed by atoms with Gasteiger partial charge in [0.1, 0.15) is 5.00 Å². The second kappa shape index (κ2) is 10.3. The number of fused-ring (bicyclic) bond motifs is 1. The molecule has 1 atom stereocenters. The summed E-state index contributed by atoms with van der Waals surface area (Å²) in [7, 11) is -3.50. The van der Waals surface area contributed by atoms with Gasteiger partial charge in [0.25, 0.3) is 5.91 Å². The third kappa shape index (κ3) is 6.55. The van der Waals surface area contributed by atoms with Crippen molar-refractivity contribution < 1.29 is 32.3 Å². The molecule has 1 unspecified atom stereocenters.